The van der Waals surface area contributed by atoms with Gasteiger partial charge in [0.05, 0.1) is 11.4 Å². The molecule has 0 aromatic heterocycles. The van der Waals surface area contributed by atoms with Crippen LogP contribution >= 0.6 is 11.8 Å². The minimum absolute atomic E-state index is 0.402. The van der Waals surface area contributed by atoms with Crippen LogP contribution in [-0.4, -0.2) is 121 Å². The topological polar surface area (TPSA) is 212 Å². The highest BCUT2D eigenvalue weighted by molar-refractivity contribution is 8.00. The predicted octanol–water partition coefficient (Wildman–Crippen LogP) is 0.748. The summed E-state index contributed by atoms with van der Waals surface area (Å²) in [5.41, 5.74) is -1.34. The van der Waals surface area contributed by atoms with Gasteiger partial charge in [-0.25, -0.2) is 0 Å². The fourth-order valence-corrected chi connectivity index (χ4v) is 6.42. The summed E-state index contributed by atoms with van der Waals surface area (Å²) in [4.78, 5) is 84.9. The van der Waals surface area contributed by atoms with E-state index in [2.05, 4.69) is 0 Å². The molecule has 0 saturated carbocycles. The molecule has 0 aliphatic carbocycles. The Bertz CT molecular complexity index is 1160. The number of esters is 7. The molecule has 0 radical (unpaired) electrons. The largest absolute Gasteiger partial charge is 0.463 e. The van der Waals surface area contributed by atoms with E-state index in [-0.39, 0.29) is 0 Å². The summed E-state index contributed by atoms with van der Waals surface area (Å²) in [5.74, 6) is -5.40. The molecule has 0 N–H and O–H groups in total. The summed E-state index contributed by atoms with van der Waals surface area (Å²) < 4.78 is 56.2. The standard InChI is InChI=1S/C29H42O17S/c1-12(2)39-28-25(43-18(8)35)24(42-17(7)34)27(21(45-28)11-38-14(4)31)47-29-26(44-19(9)36)23(41-16(6)33)22(40-15(5)32)20(46-29)10-37-13(3)30/h12,20-29H,10-11H2,1-9H3/t20-,21-,22-,23+,24+,25-,26-,27+,28+,29+/m1/s1. The van der Waals surface area contributed by atoms with Gasteiger partial charge < -0.3 is 47.4 Å². The van der Waals surface area contributed by atoms with Gasteiger partial charge in [-0.1, -0.05) is 0 Å². The van der Waals surface area contributed by atoms with Gasteiger partial charge in [-0.2, -0.15) is 0 Å². The van der Waals surface area contributed by atoms with Crippen molar-refractivity contribution >= 4 is 53.5 Å². The lowest BCUT2D eigenvalue weighted by Crippen LogP contribution is -2.64. The molecule has 47 heavy (non-hydrogen) atoms. The summed E-state index contributed by atoms with van der Waals surface area (Å²) >= 11 is 0.831. The van der Waals surface area contributed by atoms with Crippen LogP contribution in [-0.2, 0) is 80.9 Å². The maximum atomic E-state index is 12.4. The van der Waals surface area contributed by atoms with Crippen LogP contribution in [0.2, 0.25) is 0 Å². The van der Waals surface area contributed by atoms with E-state index in [0.717, 1.165) is 60.2 Å². The Balaban J connectivity index is 2.72. The Morgan fingerprint density at radius 1 is 0.532 bits per heavy atom. The summed E-state index contributed by atoms with van der Waals surface area (Å²) in [7, 11) is 0. The summed E-state index contributed by atoms with van der Waals surface area (Å²) in [6.45, 7) is 10.3. The van der Waals surface area contributed by atoms with E-state index < -0.39 is 121 Å². The summed E-state index contributed by atoms with van der Waals surface area (Å²) in [6, 6.07) is 0. The van der Waals surface area contributed by atoms with Crippen molar-refractivity contribution in [1.29, 1.82) is 0 Å². The van der Waals surface area contributed by atoms with E-state index in [4.69, 9.17) is 47.4 Å². The zero-order chi connectivity index (χ0) is 35.6. The number of carbonyl (C=O) groups excluding carboxylic acids is 7. The first-order valence-corrected chi connectivity index (χ1v) is 15.6. The van der Waals surface area contributed by atoms with Crippen molar-refractivity contribution in [2.24, 2.45) is 0 Å². The van der Waals surface area contributed by atoms with Gasteiger partial charge in [0, 0.05) is 48.5 Å². The van der Waals surface area contributed by atoms with E-state index in [1.165, 1.54) is 0 Å². The minimum Gasteiger partial charge on any atom is -0.463 e. The first-order chi connectivity index (χ1) is 21.9. The van der Waals surface area contributed by atoms with Gasteiger partial charge >= 0.3 is 41.8 Å². The molecule has 0 spiro atoms. The Labute approximate surface area is 275 Å². The Morgan fingerprint density at radius 2 is 0.957 bits per heavy atom. The molecule has 0 bridgehead atoms. The van der Waals surface area contributed by atoms with Crippen molar-refractivity contribution in [3.8, 4) is 0 Å². The molecule has 0 aromatic rings. The molecule has 2 saturated heterocycles. The summed E-state index contributed by atoms with van der Waals surface area (Å²) in [5, 5.41) is -1.12. The van der Waals surface area contributed by atoms with E-state index in [1.54, 1.807) is 13.8 Å². The highest BCUT2D eigenvalue weighted by Gasteiger charge is 2.57. The molecule has 266 valence electrons. The van der Waals surface area contributed by atoms with Gasteiger partial charge in [-0.05, 0) is 13.8 Å². The molecule has 0 amide bonds. The van der Waals surface area contributed by atoms with E-state index in [9.17, 15) is 33.6 Å². The van der Waals surface area contributed by atoms with Crippen molar-refractivity contribution < 1.29 is 80.9 Å². The maximum Gasteiger partial charge on any atom is 0.303 e. The average molecular weight is 695 g/mol. The molecule has 2 aliphatic heterocycles. The second kappa shape index (κ2) is 18.2. The first kappa shape index (κ1) is 39.7. The smallest absolute Gasteiger partial charge is 0.303 e. The quantitative estimate of drug-likeness (QED) is 0.192. The zero-order valence-electron chi connectivity index (χ0n) is 27.6. The van der Waals surface area contributed by atoms with Crippen LogP contribution in [0.1, 0.15) is 62.3 Å². The van der Waals surface area contributed by atoms with Crippen LogP contribution in [0, 0.1) is 0 Å². The maximum absolute atomic E-state index is 12.4. The van der Waals surface area contributed by atoms with Crippen molar-refractivity contribution in [1.82, 2.24) is 0 Å². The van der Waals surface area contributed by atoms with Crippen LogP contribution in [0.4, 0.5) is 0 Å². The second-order valence-electron chi connectivity index (χ2n) is 10.8. The van der Waals surface area contributed by atoms with Gasteiger partial charge in [0.2, 0.25) is 0 Å². The molecule has 2 rings (SSSR count). The molecular weight excluding hydrogens is 652 g/mol. The number of rotatable bonds is 13. The van der Waals surface area contributed by atoms with Gasteiger partial charge in [-0.3, -0.25) is 33.6 Å². The lowest BCUT2D eigenvalue weighted by molar-refractivity contribution is -0.285. The lowest BCUT2D eigenvalue weighted by atomic mass is 9.99. The van der Waals surface area contributed by atoms with Gasteiger partial charge in [-0.15, -0.1) is 11.8 Å². The van der Waals surface area contributed by atoms with Crippen LogP contribution in [0.5, 0.6) is 0 Å². The second-order valence-corrected chi connectivity index (χ2v) is 12.1. The van der Waals surface area contributed by atoms with Crippen molar-refractivity contribution in [2.45, 2.75) is 128 Å². The first-order valence-electron chi connectivity index (χ1n) is 14.6. The Hall–Kier alpha value is -3.48. The molecule has 17 nitrogen and oxygen atoms in total. The van der Waals surface area contributed by atoms with Crippen molar-refractivity contribution in [3.05, 3.63) is 0 Å². The van der Waals surface area contributed by atoms with E-state index in [1.807, 2.05) is 0 Å². The Morgan fingerprint density at radius 3 is 1.43 bits per heavy atom. The molecule has 2 heterocycles. The molecule has 18 heteroatoms. The molecule has 2 fully saturated rings. The highest BCUT2D eigenvalue weighted by Crippen LogP contribution is 2.42. The van der Waals surface area contributed by atoms with Crippen molar-refractivity contribution in [2.75, 3.05) is 13.2 Å². The number of ether oxygens (including phenoxy) is 10. The monoisotopic (exact) mass is 694 g/mol. The number of carbonyl (C=O) groups is 7. The third kappa shape index (κ3) is 12.6. The highest BCUT2D eigenvalue weighted by atomic mass is 32.2. The third-order valence-electron chi connectivity index (χ3n) is 6.29. The van der Waals surface area contributed by atoms with Crippen LogP contribution in [0.15, 0.2) is 0 Å². The number of hydrogen-bond donors (Lipinski definition) is 0. The van der Waals surface area contributed by atoms with Gasteiger partial charge in [0.15, 0.2) is 36.8 Å². The van der Waals surface area contributed by atoms with E-state index >= 15 is 0 Å². The normalized spacial score (nSPS) is 30.3. The number of thioether (sulfide) groups is 1. The fourth-order valence-electron chi connectivity index (χ4n) is 4.85. The molecule has 0 aromatic carbocycles. The van der Waals surface area contributed by atoms with E-state index in [0.29, 0.717) is 0 Å². The minimum atomic E-state index is -1.49. The Kier molecular flexibility index (Phi) is 15.3. The molecule has 10 atom stereocenters. The van der Waals surface area contributed by atoms with Crippen LogP contribution < -0.4 is 0 Å². The van der Waals surface area contributed by atoms with Crippen molar-refractivity contribution in [3.63, 3.8) is 0 Å². The SMILES string of the molecule is CC(=O)OC[C@H]1O[C@@H](S[C@@H]2[C@@H](OC(C)=O)[C@@H](OC(C)=O)[C@@H](OC(C)C)O[C@@H]2COC(C)=O)[C@H](OC(C)=O)[C@@H](OC(C)=O)[C@@H]1OC(C)=O. The molecular formula is C29H42O17S. The molecule has 2 aliphatic rings. The van der Waals surface area contributed by atoms with Gasteiger partial charge in [0.1, 0.15) is 30.9 Å². The predicted molar refractivity (Wildman–Crippen MR) is 156 cm³/mol. The summed E-state index contributed by atoms with van der Waals surface area (Å²) in [6.07, 6.45) is -11.2. The van der Waals surface area contributed by atoms with Crippen LogP contribution in [0.25, 0.3) is 0 Å². The lowest BCUT2D eigenvalue weighted by Gasteiger charge is -2.48. The fraction of sp³-hybridized carbons (Fsp3) is 0.759. The number of hydrogen-bond acceptors (Lipinski definition) is 18. The zero-order valence-corrected chi connectivity index (χ0v) is 28.4. The third-order valence-corrected chi connectivity index (χ3v) is 7.83. The molecule has 0 unspecified atom stereocenters. The van der Waals surface area contributed by atoms with Crippen LogP contribution in [0.3, 0.4) is 0 Å². The average Bonchev–Trinajstić information content (AvgIpc) is 2.91. The van der Waals surface area contributed by atoms with Gasteiger partial charge in [0.25, 0.3) is 0 Å².